The molecule has 2 heterocycles. The maximum atomic E-state index is 15.8. The van der Waals surface area contributed by atoms with Crippen LogP contribution in [-0.4, -0.2) is 34.8 Å². The number of carbonyl (C=O) groups is 2. The van der Waals surface area contributed by atoms with Crippen molar-refractivity contribution in [2.24, 2.45) is 11.3 Å². The van der Waals surface area contributed by atoms with E-state index in [-0.39, 0.29) is 24.2 Å². The predicted molar refractivity (Wildman–Crippen MR) is 133 cm³/mol. The second kappa shape index (κ2) is 9.02. The van der Waals surface area contributed by atoms with E-state index in [9.17, 15) is 9.59 Å². The summed E-state index contributed by atoms with van der Waals surface area (Å²) >= 11 is 0. The molecule has 1 spiro atoms. The molecule has 1 unspecified atom stereocenters. The van der Waals surface area contributed by atoms with Crippen LogP contribution in [0.25, 0.3) is 0 Å². The van der Waals surface area contributed by atoms with Crippen LogP contribution in [0.4, 0.5) is 4.39 Å². The van der Waals surface area contributed by atoms with E-state index in [1.807, 2.05) is 6.07 Å². The van der Waals surface area contributed by atoms with Gasteiger partial charge < -0.3 is 15.5 Å². The van der Waals surface area contributed by atoms with E-state index in [1.54, 1.807) is 11.0 Å². The maximum absolute atomic E-state index is 15.8. The largest absolute Gasteiger partial charge is 0.329 e. The standard InChI is InChI=1S/C29H38FN3O2/c1-18-6-9-25(27(34)31-18)33-17-23-22(28(33)35)8-7-20(26(23)30)16-19-4-2-3-5-24(19)32-21-10-12-29(13-11-21)14-15-29/h7-8,19,21,24-25,32H,1-6,9-17H2,(H,31,34)/t19-,24+,25?/m1/s1. The number of nitrogens with one attached hydrogen (secondary N) is 2. The van der Waals surface area contributed by atoms with Crippen molar-refractivity contribution in [3.8, 4) is 0 Å². The lowest BCUT2D eigenvalue weighted by atomic mass is 9.78. The summed E-state index contributed by atoms with van der Waals surface area (Å²) in [6.45, 7) is 3.99. The Morgan fingerprint density at radius 3 is 2.57 bits per heavy atom. The summed E-state index contributed by atoms with van der Waals surface area (Å²) in [6, 6.07) is 4.12. The zero-order valence-electron chi connectivity index (χ0n) is 20.7. The first-order valence-corrected chi connectivity index (χ1v) is 13.8. The third-order valence-electron chi connectivity index (χ3n) is 9.69. The van der Waals surface area contributed by atoms with Crippen LogP contribution in [0.2, 0.25) is 0 Å². The number of halogens is 1. The first-order valence-electron chi connectivity index (χ1n) is 13.8. The molecule has 0 radical (unpaired) electrons. The molecule has 6 heteroatoms. The average molecular weight is 480 g/mol. The number of carbonyl (C=O) groups excluding carboxylic acids is 2. The SMILES string of the molecule is C=C1CCC(N2Cc3c(ccc(C[C@H]4CCCC[C@@H]4NC4CCC5(CC4)CC5)c3F)C2=O)C(=O)N1. The lowest BCUT2D eigenvalue weighted by Gasteiger charge is -2.38. The molecule has 4 fully saturated rings. The van der Waals surface area contributed by atoms with E-state index in [4.69, 9.17) is 0 Å². The molecule has 2 amide bonds. The molecule has 0 aromatic heterocycles. The Bertz CT molecular complexity index is 1040. The quantitative estimate of drug-likeness (QED) is 0.626. The molecule has 1 saturated heterocycles. The van der Waals surface area contributed by atoms with Crippen LogP contribution in [0, 0.1) is 17.2 Å². The molecule has 35 heavy (non-hydrogen) atoms. The molecule has 3 saturated carbocycles. The van der Waals surface area contributed by atoms with E-state index in [0.29, 0.717) is 59.5 Å². The van der Waals surface area contributed by atoms with Gasteiger partial charge in [-0.05, 0) is 93.6 Å². The highest BCUT2D eigenvalue weighted by Crippen LogP contribution is 2.56. The Hall–Kier alpha value is -2.21. The van der Waals surface area contributed by atoms with Gasteiger partial charge in [0.05, 0.1) is 6.54 Å². The van der Waals surface area contributed by atoms with Crippen molar-refractivity contribution >= 4 is 11.8 Å². The molecule has 3 aliphatic carbocycles. The Morgan fingerprint density at radius 2 is 1.83 bits per heavy atom. The summed E-state index contributed by atoms with van der Waals surface area (Å²) in [4.78, 5) is 27.1. The molecule has 6 rings (SSSR count). The van der Waals surface area contributed by atoms with Crippen molar-refractivity contribution in [2.75, 3.05) is 0 Å². The highest BCUT2D eigenvalue weighted by Gasteiger charge is 2.45. The summed E-state index contributed by atoms with van der Waals surface area (Å²) in [7, 11) is 0. The van der Waals surface area contributed by atoms with Gasteiger partial charge in [0.2, 0.25) is 5.91 Å². The van der Waals surface area contributed by atoms with Crippen LogP contribution >= 0.6 is 0 Å². The molecule has 0 bridgehead atoms. The minimum atomic E-state index is -0.555. The van der Waals surface area contributed by atoms with Gasteiger partial charge >= 0.3 is 0 Å². The van der Waals surface area contributed by atoms with Crippen LogP contribution in [0.3, 0.4) is 0 Å². The summed E-state index contributed by atoms with van der Waals surface area (Å²) < 4.78 is 15.8. The summed E-state index contributed by atoms with van der Waals surface area (Å²) in [5, 5.41) is 6.75. The molecule has 188 valence electrons. The van der Waals surface area contributed by atoms with Gasteiger partial charge in [-0.15, -0.1) is 0 Å². The maximum Gasteiger partial charge on any atom is 0.255 e. The minimum absolute atomic E-state index is 0.175. The third kappa shape index (κ3) is 4.43. The van der Waals surface area contributed by atoms with Crippen LogP contribution in [0.5, 0.6) is 0 Å². The van der Waals surface area contributed by atoms with Gasteiger partial charge in [-0.2, -0.15) is 0 Å². The van der Waals surface area contributed by atoms with Crippen LogP contribution in [0.1, 0.15) is 98.5 Å². The number of piperidine rings is 1. The summed E-state index contributed by atoms with van der Waals surface area (Å²) in [6.07, 6.45) is 14.8. The molecule has 5 aliphatic rings. The number of amides is 2. The van der Waals surface area contributed by atoms with Crippen LogP contribution in [-0.2, 0) is 17.8 Å². The first kappa shape index (κ1) is 23.2. The van der Waals surface area contributed by atoms with Crippen LogP contribution in [0.15, 0.2) is 24.4 Å². The average Bonchev–Trinajstić information content (AvgIpc) is 3.52. The monoisotopic (exact) mass is 479 g/mol. The van der Waals surface area contributed by atoms with E-state index in [0.717, 1.165) is 12.0 Å². The van der Waals surface area contributed by atoms with Gasteiger partial charge in [-0.25, -0.2) is 4.39 Å². The summed E-state index contributed by atoms with van der Waals surface area (Å²) in [5.41, 5.74) is 2.99. The zero-order valence-corrected chi connectivity index (χ0v) is 20.7. The number of hydrogen-bond donors (Lipinski definition) is 2. The van der Waals surface area contributed by atoms with E-state index < -0.39 is 6.04 Å². The highest BCUT2D eigenvalue weighted by atomic mass is 19.1. The lowest BCUT2D eigenvalue weighted by molar-refractivity contribution is -0.126. The van der Waals surface area contributed by atoms with E-state index in [2.05, 4.69) is 17.2 Å². The molecule has 3 atom stereocenters. The van der Waals surface area contributed by atoms with Crippen molar-refractivity contribution in [1.29, 1.82) is 0 Å². The fourth-order valence-electron chi connectivity index (χ4n) is 7.22. The molecule has 5 nitrogen and oxygen atoms in total. The van der Waals surface area contributed by atoms with Gasteiger partial charge in [0.25, 0.3) is 5.91 Å². The molecule has 1 aromatic carbocycles. The van der Waals surface area contributed by atoms with Gasteiger partial charge in [-0.3, -0.25) is 9.59 Å². The molecule has 2 N–H and O–H groups in total. The number of fused-ring (bicyclic) bond motifs is 1. The Labute approximate surface area is 207 Å². The molecular formula is C29H38FN3O2. The topological polar surface area (TPSA) is 61.4 Å². The Morgan fingerprint density at radius 1 is 1.06 bits per heavy atom. The Balaban J connectivity index is 1.14. The number of benzene rings is 1. The molecule has 2 aliphatic heterocycles. The normalized spacial score (nSPS) is 30.5. The number of hydrogen-bond acceptors (Lipinski definition) is 3. The fraction of sp³-hybridized carbons (Fsp3) is 0.655. The van der Waals surface area contributed by atoms with Gasteiger partial charge in [0, 0.05) is 28.9 Å². The minimum Gasteiger partial charge on any atom is -0.329 e. The number of nitrogens with zero attached hydrogens (tertiary/aromatic N) is 1. The van der Waals surface area contributed by atoms with Crippen LogP contribution < -0.4 is 10.6 Å². The number of allylic oxidation sites excluding steroid dienone is 1. The van der Waals surface area contributed by atoms with Gasteiger partial charge in [0.15, 0.2) is 0 Å². The van der Waals surface area contributed by atoms with Crippen molar-refractivity contribution in [3.63, 3.8) is 0 Å². The van der Waals surface area contributed by atoms with Crippen molar-refractivity contribution in [2.45, 2.75) is 108 Å². The van der Waals surface area contributed by atoms with E-state index >= 15 is 4.39 Å². The van der Waals surface area contributed by atoms with Crippen molar-refractivity contribution in [1.82, 2.24) is 15.5 Å². The van der Waals surface area contributed by atoms with Gasteiger partial charge in [-0.1, -0.05) is 25.5 Å². The van der Waals surface area contributed by atoms with E-state index in [1.165, 1.54) is 57.8 Å². The second-order valence-electron chi connectivity index (χ2n) is 11.9. The first-order chi connectivity index (χ1) is 16.9. The molecule has 1 aromatic rings. The fourth-order valence-corrected chi connectivity index (χ4v) is 7.22. The highest BCUT2D eigenvalue weighted by molar-refractivity contribution is 6.01. The number of rotatable bonds is 5. The van der Waals surface area contributed by atoms with Crippen molar-refractivity contribution in [3.05, 3.63) is 46.9 Å². The predicted octanol–water partition coefficient (Wildman–Crippen LogP) is 4.99. The molecular weight excluding hydrogens is 441 g/mol. The van der Waals surface area contributed by atoms with Crippen molar-refractivity contribution < 1.29 is 14.0 Å². The third-order valence-corrected chi connectivity index (χ3v) is 9.69. The zero-order chi connectivity index (χ0) is 24.2. The smallest absolute Gasteiger partial charge is 0.255 e. The Kier molecular flexibility index (Phi) is 5.98. The lowest BCUT2D eigenvalue weighted by Crippen LogP contribution is -2.49. The van der Waals surface area contributed by atoms with Gasteiger partial charge in [0.1, 0.15) is 11.9 Å². The summed E-state index contributed by atoms with van der Waals surface area (Å²) in [5.74, 6) is -0.261. The second-order valence-corrected chi connectivity index (χ2v) is 11.9.